The molecule has 86 valence electrons. The number of rotatable bonds is 3. The molecular weight excluding hydrogens is 194 g/mol. The molecule has 1 saturated heterocycles. The number of hydrogen-bond acceptors (Lipinski definition) is 3. The van der Waals surface area contributed by atoms with E-state index in [0.717, 1.165) is 52.1 Å². The Balaban J connectivity index is 1.84. The van der Waals surface area contributed by atoms with Crippen LogP contribution < -0.4 is 0 Å². The van der Waals surface area contributed by atoms with E-state index in [2.05, 4.69) is 4.90 Å². The molecule has 2 atom stereocenters. The Morgan fingerprint density at radius 2 is 2.07 bits per heavy atom. The molecule has 0 aromatic rings. The van der Waals surface area contributed by atoms with Crippen LogP contribution in [0, 0.1) is 11.8 Å². The molecule has 0 amide bonds. The summed E-state index contributed by atoms with van der Waals surface area (Å²) < 4.78 is 5.28. The Morgan fingerprint density at radius 1 is 1.33 bits per heavy atom. The van der Waals surface area contributed by atoms with Crippen molar-refractivity contribution in [1.82, 2.24) is 4.90 Å². The Kier molecular flexibility index (Phi) is 3.59. The van der Waals surface area contributed by atoms with Gasteiger partial charge < -0.3 is 9.84 Å². The van der Waals surface area contributed by atoms with Gasteiger partial charge in [-0.15, -0.1) is 0 Å². The van der Waals surface area contributed by atoms with Crippen molar-refractivity contribution < 1.29 is 14.6 Å². The minimum Gasteiger partial charge on any atom is -0.481 e. The summed E-state index contributed by atoms with van der Waals surface area (Å²) in [7, 11) is 0. The summed E-state index contributed by atoms with van der Waals surface area (Å²) in [6.45, 7) is 4.46. The standard InChI is InChI=1S/C11H19NO3/c13-11(14)10-3-1-2-9(10)8-12-4-6-15-7-5-12/h9-10H,1-8H2,(H,13,14). The third-order valence-electron chi connectivity index (χ3n) is 3.57. The molecule has 4 heteroatoms. The van der Waals surface area contributed by atoms with Gasteiger partial charge in [0, 0.05) is 19.6 Å². The van der Waals surface area contributed by atoms with Gasteiger partial charge in [0.05, 0.1) is 19.1 Å². The molecule has 2 rings (SSSR count). The van der Waals surface area contributed by atoms with E-state index in [1.165, 1.54) is 0 Å². The summed E-state index contributed by atoms with van der Waals surface area (Å²) in [6.07, 6.45) is 3.02. The topological polar surface area (TPSA) is 49.8 Å². The van der Waals surface area contributed by atoms with Crippen LogP contribution in [0.25, 0.3) is 0 Å². The zero-order valence-electron chi connectivity index (χ0n) is 9.02. The molecule has 0 aromatic heterocycles. The van der Waals surface area contributed by atoms with E-state index in [1.807, 2.05) is 0 Å². The number of nitrogens with zero attached hydrogens (tertiary/aromatic N) is 1. The summed E-state index contributed by atoms with van der Waals surface area (Å²) >= 11 is 0. The van der Waals surface area contributed by atoms with Gasteiger partial charge in [-0.2, -0.15) is 0 Å². The molecule has 4 nitrogen and oxygen atoms in total. The van der Waals surface area contributed by atoms with Gasteiger partial charge in [-0.25, -0.2) is 0 Å². The van der Waals surface area contributed by atoms with Gasteiger partial charge in [-0.3, -0.25) is 9.69 Å². The van der Waals surface area contributed by atoms with E-state index in [4.69, 9.17) is 9.84 Å². The second-order valence-electron chi connectivity index (χ2n) is 4.55. The van der Waals surface area contributed by atoms with Crippen molar-refractivity contribution in [3.8, 4) is 0 Å². The molecule has 2 aliphatic rings. The average Bonchev–Trinajstić information content (AvgIpc) is 2.67. The van der Waals surface area contributed by atoms with Crippen molar-refractivity contribution in [3.05, 3.63) is 0 Å². The van der Waals surface area contributed by atoms with Crippen molar-refractivity contribution in [2.24, 2.45) is 11.8 Å². The second kappa shape index (κ2) is 4.94. The van der Waals surface area contributed by atoms with E-state index in [0.29, 0.717) is 5.92 Å². The van der Waals surface area contributed by atoms with Gasteiger partial charge in [-0.1, -0.05) is 6.42 Å². The molecule has 2 fully saturated rings. The zero-order valence-corrected chi connectivity index (χ0v) is 9.02. The average molecular weight is 213 g/mol. The third kappa shape index (κ3) is 2.69. The Labute approximate surface area is 90.2 Å². The monoisotopic (exact) mass is 213 g/mol. The lowest BCUT2D eigenvalue weighted by molar-refractivity contribution is -0.143. The number of hydrogen-bond donors (Lipinski definition) is 1. The molecule has 1 saturated carbocycles. The maximum Gasteiger partial charge on any atom is 0.306 e. The van der Waals surface area contributed by atoms with Gasteiger partial charge in [0.2, 0.25) is 0 Å². The molecule has 2 unspecified atom stereocenters. The van der Waals surface area contributed by atoms with Gasteiger partial charge >= 0.3 is 5.97 Å². The maximum atomic E-state index is 11.0. The smallest absolute Gasteiger partial charge is 0.306 e. The lowest BCUT2D eigenvalue weighted by atomic mass is 9.95. The Bertz CT molecular complexity index is 226. The van der Waals surface area contributed by atoms with Gasteiger partial charge in [-0.05, 0) is 18.8 Å². The van der Waals surface area contributed by atoms with Crippen molar-refractivity contribution in [2.45, 2.75) is 19.3 Å². The minimum atomic E-state index is -0.606. The van der Waals surface area contributed by atoms with Crippen LogP contribution >= 0.6 is 0 Å². The normalized spacial score (nSPS) is 33.1. The fourth-order valence-electron chi connectivity index (χ4n) is 2.70. The van der Waals surface area contributed by atoms with Crippen LogP contribution in [-0.2, 0) is 9.53 Å². The summed E-state index contributed by atoms with van der Waals surface area (Å²) in [5.74, 6) is -0.348. The molecule has 1 aliphatic carbocycles. The third-order valence-corrected chi connectivity index (χ3v) is 3.57. The first-order valence-electron chi connectivity index (χ1n) is 5.80. The number of carboxylic acid groups (broad SMARTS) is 1. The first kappa shape index (κ1) is 10.9. The number of ether oxygens (including phenoxy) is 1. The van der Waals surface area contributed by atoms with E-state index in [1.54, 1.807) is 0 Å². The highest BCUT2D eigenvalue weighted by atomic mass is 16.5. The zero-order chi connectivity index (χ0) is 10.7. The van der Waals surface area contributed by atoms with Crippen LogP contribution in [0.1, 0.15) is 19.3 Å². The van der Waals surface area contributed by atoms with Crippen molar-refractivity contribution in [3.63, 3.8) is 0 Å². The molecule has 15 heavy (non-hydrogen) atoms. The van der Waals surface area contributed by atoms with Crippen LogP contribution in [0.5, 0.6) is 0 Å². The molecule has 0 aromatic carbocycles. The Hall–Kier alpha value is -0.610. The largest absolute Gasteiger partial charge is 0.481 e. The van der Waals surface area contributed by atoms with E-state index < -0.39 is 5.97 Å². The van der Waals surface area contributed by atoms with Crippen LogP contribution in [0.2, 0.25) is 0 Å². The predicted octanol–water partition coefficient (Wildman–Crippen LogP) is 0.820. The molecule has 0 spiro atoms. The molecule has 1 aliphatic heterocycles. The summed E-state index contributed by atoms with van der Waals surface area (Å²) in [5.41, 5.74) is 0. The maximum absolute atomic E-state index is 11.0. The number of carbonyl (C=O) groups is 1. The fourth-order valence-corrected chi connectivity index (χ4v) is 2.70. The lowest BCUT2D eigenvalue weighted by Crippen LogP contribution is -2.40. The quantitative estimate of drug-likeness (QED) is 0.754. The first-order valence-corrected chi connectivity index (χ1v) is 5.80. The number of carboxylic acids is 1. The van der Waals surface area contributed by atoms with Gasteiger partial charge in [0.1, 0.15) is 0 Å². The van der Waals surface area contributed by atoms with Crippen molar-refractivity contribution in [1.29, 1.82) is 0 Å². The van der Waals surface area contributed by atoms with Gasteiger partial charge in [0.25, 0.3) is 0 Å². The summed E-state index contributed by atoms with van der Waals surface area (Å²) in [6, 6.07) is 0. The van der Waals surface area contributed by atoms with Crippen molar-refractivity contribution >= 4 is 5.97 Å². The summed E-state index contributed by atoms with van der Waals surface area (Å²) in [5, 5.41) is 9.07. The predicted molar refractivity (Wildman–Crippen MR) is 55.7 cm³/mol. The highest BCUT2D eigenvalue weighted by Gasteiger charge is 2.33. The molecular formula is C11H19NO3. The van der Waals surface area contributed by atoms with E-state index in [9.17, 15) is 4.79 Å². The minimum absolute atomic E-state index is 0.104. The SMILES string of the molecule is O=C(O)C1CCCC1CN1CCOCC1. The number of aliphatic carboxylic acids is 1. The molecule has 1 N–H and O–H groups in total. The first-order chi connectivity index (χ1) is 7.27. The van der Waals surface area contributed by atoms with Crippen LogP contribution in [0.4, 0.5) is 0 Å². The van der Waals surface area contributed by atoms with E-state index in [-0.39, 0.29) is 5.92 Å². The number of morpholine rings is 1. The van der Waals surface area contributed by atoms with E-state index >= 15 is 0 Å². The highest BCUT2D eigenvalue weighted by Crippen LogP contribution is 2.32. The van der Waals surface area contributed by atoms with Crippen molar-refractivity contribution in [2.75, 3.05) is 32.8 Å². The van der Waals surface area contributed by atoms with Crippen LogP contribution in [-0.4, -0.2) is 48.8 Å². The van der Waals surface area contributed by atoms with Gasteiger partial charge in [0.15, 0.2) is 0 Å². The molecule has 1 heterocycles. The second-order valence-corrected chi connectivity index (χ2v) is 4.55. The fraction of sp³-hybridized carbons (Fsp3) is 0.909. The van der Waals surface area contributed by atoms with Crippen LogP contribution in [0.3, 0.4) is 0 Å². The molecule has 0 bridgehead atoms. The summed E-state index contributed by atoms with van der Waals surface area (Å²) in [4.78, 5) is 13.4. The lowest BCUT2D eigenvalue weighted by Gasteiger charge is -2.30. The van der Waals surface area contributed by atoms with Crippen LogP contribution in [0.15, 0.2) is 0 Å². The Morgan fingerprint density at radius 3 is 2.73 bits per heavy atom. The highest BCUT2D eigenvalue weighted by molar-refractivity contribution is 5.70. The molecule has 0 radical (unpaired) electrons.